The van der Waals surface area contributed by atoms with Crippen LogP contribution >= 0.6 is 0 Å². The van der Waals surface area contributed by atoms with Crippen molar-refractivity contribution in [3.8, 4) is 0 Å². The van der Waals surface area contributed by atoms with Gasteiger partial charge in [-0.2, -0.15) is 0 Å². The first-order valence-corrected chi connectivity index (χ1v) is 3.79. The van der Waals surface area contributed by atoms with Gasteiger partial charge >= 0.3 is 45.2 Å². The Bertz CT molecular complexity index is 259. The summed E-state index contributed by atoms with van der Waals surface area (Å²) in [6.45, 7) is 0. The van der Waals surface area contributed by atoms with Gasteiger partial charge in [0.25, 0.3) is 0 Å². The van der Waals surface area contributed by atoms with Crippen LogP contribution in [0, 0.1) is 7.43 Å². The standard InChI is InChI=1S/6CH2O3.C.Ca/c6*2-1(3)4;;/h6*(H2,2,3,4);;/q;;;;;;+4;+2/p-6. The second kappa shape index (κ2) is 43.1. The van der Waals surface area contributed by atoms with Crippen LogP contribution in [0.15, 0.2) is 0 Å². The zero-order valence-electron chi connectivity index (χ0n) is 11.8. The van der Waals surface area contributed by atoms with E-state index in [1.165, 1.54) is 0 Å². The van der Waals surface area contributed by atoms with Crippen LogP contribution in [0.1, 0.15) is 0 Å². The van der Waals surface area contributed by atoms with E-state index in [1.807, 2.05) is 0 Å². The van der Waals surface area contributed by atoms with E-state index in [-0.39, 0.29) is 45.2 Å². The molecule has 0 atom stereocenters. The van der Waals surface area contributed by atoms with Gasteiger partial charge < -0.3 is 90.0 Å². The minimum Gasteiger partial charge on any atom is -0.565 e. The second-order valence-electron chi connectivity index (χ2n) is 1.60. The van der Waals surface area contributed by atoms with Crippen LogP contribution in [0.2, 0.25) is 0 Å². The average molecular weight is 418 g/mol. The Morgan fingerprint density at radius 1 is 0.385 bits per heavy atom. The second-order valence-corrected chi connectivity index (χ2v) is 1.60. The molecule has 0 amide bonds. The summed E-state index contributed by atoms with van der Waals surface area (Å²) in [5.74, 6) is 0. The summed E-state index contributed by atoms with van der Waals surface area (Å²) in [5, 5.41) is 91.8. The van der Waals surface area contributed by atoms with Crippen LogP contribution < -0.4 is 30.6 Å². The van der Waals surface area contributed by atoms with Crippen LogP contribution in [-0.2, 0) is 0 Å². The summed E-state index contributed by atoms with van der Waals surface area (Å²) in [5.41, 5.74) is 0. The molecule has 19 heteroatoms. The van der Waals surface area contributed by atoms with E-state index in [2.05, 4.69) is 0 Å². The third-order valence-corrected chi connectivity index (χ3v) is 0. The van der Waals surface area contributed by atoms with Gasteiger partial charge in [0.05, 0.1) is 0 Å². The number of rotatable bonds is 0. The third-order valence-electron chi connectivity index (χ3n) is 0. The molecular formula is C7H6CaO18. The molecular weight excluding hydrogens is 412 g/mol. The molecule has 0 rings (SSSR count). The smallest absolute Gasteiger partial charge is 0.565 e. The summed E-state index contributed by atoms with van der Waals surface area (Å²) in [6.07, 6.45) is -12.5. The summed E-state index contributed by atoms with van der Waals surface area (Å²) >= 11 is 0. The van der Waals surface area contributed by atoms with Gasteiger partial charge in [-0.25, -0.2) is 0 Å². The molecule has 0 aromatic rings. The van der Waals surface area contributed by atoms with Gasteiger partial charge in [-0.3, -0.25) is 0 Å². The van der Waals surface area contributed by atoms with Crippen molar-refractivity contribution in [1.82, 2.24) is 0 Å². The van der Waals surface area contributed by atoms with Gasteiger partial charge in [-0.15, -0.1) is 0 Å². The van der Waals surface area contributed by atoms with Gasteiger partial charge in [0.2, 0.25) is 36.9 Å². The molecule has 0 heterocycles. The number of carboxylic acid groups (broad SMARTS) is 12. The van der Waals surface area contributed by atoms with E-state index in [4.69, 9.17) is 90.0 Å². The Balaban J connectivity index is -0.0000000245. The van der Waals surface area contributed by atoms with Crippen molar-refractivity contribution in [3.63, 3.8) is 0 Å². The van der Waals surface area contributed by atoms with E-state index in [0.717, 1.165) is 0 Å². The molecule has 0 aromatic carbocycles. The molecule has 6 N–H and O–H groups in total. The Labute approximate surface area is 172 Å². The van der Waals surface area contributed by atoms with Crippen LogP contribution in [0.25, 0.3) is 0 Å². The quantitative estimate of drug-likeness (QED) is 0.199. The normalized spacial score (nSPS) is 5.54. The molecule has 18 nitrogen and oxygen atoms in total. The molecule has 0 saturated heterocycles. The molecule has 0 aliphatic heterocycles. The van der Waals surface area contributed by atoms with Crippen molar-refractivity contribution in [1.29, 1.82) is 0 Å². The van der Waals surface area contributed by atoms with Gasteiger partial charge in [0.1, 0.15) is 0 Å². The number of hydrogen-bond donors (Lipinski definition) is 6. The summed E-state index contributed by atoms with van der Waals surface area (Å²) in [7, 11) is 0. The Kier molecular flexibility index (Phi) is 82.0. The van der Waals surface area contributed by atoms with E-state index in [0.29, 0.717) is 0 Å². The Morgan fingerprint density at radius 2 is 0.385 bits per heavy atom. The molecule has 0 saturated carbocycles. The van der Waals surface area contributed by atoms with Crippen molar-refractivity contribution in [2.75, 3.05) is 0 Å². The predicted octanol–water partition coefficient (Wildman–Crippen LogP) is -6.97. The monoisotopic (exact) mass is 418 g/mol. The Hall–Kier alpha value is -3.12. The van der Waals surface area contributed by atoms with Crippen LogP contribution in [0.4, 0.5) is 28.8 Å². The number of carbonyl (C=O) groups is 6. The number of hydrogen-bond acceptors (Lipinski definition) is 12. The van der Waals surface area contributed by atoms with Crippen molar-refractivity contribution in [2.45, 2.75) is 0 Å². The first kappa shape index (κ1) is 49.5. The van der Waals surface area contributed by atoms with E-state index in [1.54, 1.807) is 0 Å². The van der Waals surface area contributed by atoms with Crippen LogP contribution in [-0.4, -0.2) is 105 Å². The molecule has 0 aromatic heterocycles. The molecule has 0 bridgehead atoms. The van der Waals surface area contributed by atoms with Gasteiger partial charge in [0, 0.05) is 0 Å². The fraction of sp³-hybridized carbons (Fsp3) is 0. The van der Waals surface area contributed by atoms with Crippen molar-refractivity contribution < 1.29 is 90.0 Å². The summed E-state index contributed by atoms with van der Waals surface area (Å²) in [6, 6.07) is 0. The maximum Gasteiger partial charge on any atom is 4.00 e. The largest absolute Gasteiger partial charge is 4.00 e. The topological polar surface area (TPSA) is 362 Å². The zero-order valence-corrected chi connectivity index (χ0v) is 14.0. The third kappa shape index (κ3) is 848. The first-order valence-electron chi connectivity index (χ1n) is 3.79. The van der Waals surface area contributed by atoms with Crippen molar-refractivity contribution in [2.24, 2.45) is 0 Å². The molecule has 26 heavy (non-hydrogen) atoms. The minimum atomic E-state index is -2.08. The Morgan fingerprint density at radius 3 is 0.385 bits per heavy atom. The zero-order chi connectivity index (χ0) is 21.5. The fourth-order valence-corrected chi connectivity index (χ4v) is 0. The van der Waals surface area contributed by atoms with Gasteiger partial charge in [0.15, 0.2) is 0 Å². The molecule has 144 valence electrons. The van der Waals surface area contributed by atoms with Crippen LogP contribution in [0.3, 0.4) is 0 Å². The SMILES string of the molecule is O=C([O-])O.O=C([O-])O.O=C([O-])O.O=C([O-])O.O=C([O-])O.O=C([O-])O.[C+4].[Ca+2]. The van der Waals surface area contributed by atoms with Crippen LogP contribution in [0.5, 0.6) is 0 Å². The van der Waals surface area contributed by atoms with Gasteiger partial charge in [-0.05, 0) is 0 Å². The van der Waals surface area contributed by atoms with E-state index < -0.39 is 36.9 Å². The molecule has 0 spiro atoms. The van der Waals surface area contributed by atoms with E-state index >= 15 is 0 Å². The molecule has 0 fully saturated rings. The maximum absolute atomic E-state index is 8.44. The molecule has 0 radical (unpaired) electrons. The fourth-order valence-electron chi connectivity index (χ4n) is 0. The summed E-state index contributed by atoms with van der Waals surface area (Å²) < 4.78 is 0. The molecule has 0 aliphatic rings. The summed E-state index contributed by atoms with van der Waals surface area (Å²) in [4.78, 5) is 50.7. The molecule has 0 aliphatic carbocycles. The maximum atomic E-state index is 8.44. The average Bonchev–Trinajstić information content (AvgIpc) is 2.08. The predicted molar refractivity (Wildman–Crippen MR) is 57.1 cm³/mol. The van der Waals surface area contributed by atoms with E-state index in [9.17, 15) is 0 Å². The molecule has 0 unspecified atom stereocenters. The van der Waals surface area contributed by atoms with Crippen molar-refractivity contribution in [3.05, 3.63) is 7.43 Å². The van der Waals surface area contributed by atoms with Crippen molar-refractivity contribution >= 4 is 74.7 Å². The van der Waals surface area contributed by atoms with Gasteiger partial charge in [-0.1, -0.05) is 0 Å². The minimum absolute atomic E-state index is 0. The first-order chi connectivity index (χ1) is 10.4.